The SMILES string of the molecule is COc1cccc(Br)c1OC/C=C(/C)C(=O)O. The number of hydrogen-bond acceptors (Lipinski definition) is 3. The first-order valence-electron chi connectivity index (χ1n) is 4.91. The molecule has 0 aromatic heterocycles. The van der Waals surface area contributed by atoms with E-state index in [9.17, 15) is 4.79 Å². The van der Waals surface area contributed by atoms with Crippen molar-refractivity contribution in [3.63, 3.8) is 0 Å². The van der Waals surface area contributed by atoms with Crippen LogP contribution in [0.1, 0.15) is 6.92 Å². The fourth-order valence-electron chi connectivity index (χ4n) is 1.13. The zero-order chi connectivity index (χ0) is 12.8. The zero-order valence-electron chi connectivity index (χ0n) is 9.57. The van der Waals surface area contributed by atoms with E-state index in [1.807, 2.05) is 12.1 Å². The van der Waals surface area contributed by atoms with Crippen LogP contribution in [0.5, 0.6) is 11.5 Å². The first kappa shape index (κ1) is 13.6. The summed E-state index contributed by atoms with van der Waals surface area (Å²) in [6.07, 6.45) is 1.50. The summed E-state index contributed by atoms with van der Waals surface area (Å²) in [5, 5.41) is 8.68. The van der Waals surface area contributed by atoms with Crippen molar-refractivity contribution in [2.24, 2.45) is 0 Å². The number of para-hydroxylation sites is 1. The number of methoxy groups -OCH3 is 1. The standard InChI is InChI=1S/C12H13BrO4/c1-8(12(14)15)6-7-17-11-9(13)4-3-5-10(11)16-2/h3-6H,7H2,1-2H3,(H,14,15)/b8-6-. The molecule has 0 amide bonds. The lowest BCUT2D eigenvalue weighted by atomic mass is 10.3. The van der Waals surface area contributed by atoms with Crippen molar-refractivity contribution in [3.05, 3.63) is 34.3 Å². The van der Waals surface area contributed by atoms with E-state index in [1.165, 1.54) is 13.0 Å². The molecule has 0 radical (unpaired) electrons. The third-order valence-electron chi connectivity index (χ3n) is 2.11. The monoisotopic (exact) mass is 300 g/mol. The van der Waals surface area contributed by atoms with Gasteiger partial charge in [0.1, 0.15) is 6.61 Å². The van der Waals surface area contributed by atoms with Gasteiger partial charge in [-0.05, 0) is 41.1 Å². The number of carboxylic acids is 1. The third kappa shape index (κ3) is 3.78. The quantitative estimate of drug-likeness (QED) is 0.850. The number of ether oxygens (including phenoxy) is 2. The van der Waals surface area contributed by atoms with Gasteiger partial charge in [0, 0.05) is 5.57 Å². The highest BCUT2D eigenvalue weighted by Crippen LogP contribution is 2.34. The molecule has 0 saturated carbocycles. The van der Waals surface area contributed by atoms with Gasteiger partial charge >= 0.3 is 5.97 Å². The maximum absolute atomic E-state index is 10.6. The number of aliphatic carboxylic acids is 1. The minimum atomic E-state index is -0.951. The van der Waals surface area contributed by atoms with Gasteiger partial charge in [-0.2, -0.15) is 0 Å². The molecule has 1 aromatic carbocycles. The highest BCUT2D eigenvalue weighted by molar-refractivity contribution is 9.10. The molecule has 1 N–H and O–H groups in total. The molecule has 1 rings (SSSR count). The van der Waals surface area contributed by atoms with E-state index in [4.69, 9.17) is 14.6 Å². The second-order valence-electron chi connectivity index (χ2n) is 3.27. The van der Waals surface area contributed by atoms with Crippen molar-refractivity contribution in [1.82, 2.24) is 0 Å². The average Bonchev–Trinajstić information content (AvgIpc) is 2.30. The highest BCUT2D eigenvalue weighted by Gasteiger charge is 2.08. The van der Waals surface area contributed by atoms with Crippen LogP contribution in [0, 0.1) is 0 Å². The van der Waals surface area contributed by atoms with Crippen LogP contribution in [0.4, 0.5) is 0 Å². The van der Waals surface area contributed by atoms with Gasteiger partial charge < -0.3 is 14.6 Å². The van der Waals surface area contributed by atoms with Crippen LogP contribution in [0.2, 0.25) is 0 Å². The molecular formula is C12H13BrO4. The summed E-state index contributed by atoms with van der Waals surface area (Å²) in [6, 6.07) is 5.42. The van der Waals surface area contributed by atoms with Crippen LogP contribution < -0.4 is 9.47 Å². The Morgan fingerprint density at radius 1 is 1.53 bits per heavy atom. The number of carboxylic acid groups (broad SMARTS) is 1. The van der Waals surface area contributed by atoms with Crippen LogP contribution in [0.15, 0.2) is 34.3 Å². The average molecular weight is 301 g/mol. The summed E-state index contributed by atoms with van der Waals surface area (Å²) in [5.41, 5.74) is 0.246. The molecule has 0 aliphatic carbocycles. The summed E-state index contributed by atoms with van der Waals surface area (Å²) in [4.78, 5) is 10.6. The Morgan fingerprint density at radius 3 is 2.82 bits per heavy atom. The topological polar surface area (TPSA) is 55.8 Å². The van der Waals surface area contributed by atoms with Gasteiger partial charge in [0.25, 0.3) is 0 Å². The minimum Gasteiger partial charge on any atom is -0.493 e. The van der Waals surface area contributed by atoms with Crippen molar-refractivity contribution in [1.29, 1.82) is 0 Å². The van der Waals surface area contributed by atoms with Gasteiger partial charge in [-0.15, -0.1) is 0 Å². The largest absolute Gasteiger partial charge is 0.493 e. The molecule has 0 bridgehead atoms. The molecule has 17 heavy (non-hydrogen) atoms. The fourth-order valence-corrected chi connectivity index (χ4v) is 1.59. The molecule has 5 heteroatoms. The lowest BCUT2D eigenvalue weighted by Crippen LogP contribution is -2.02. The van der Waals surface area contributed by atoms with Crippen LogP contribution in [0.25, 0.3) is 0 Å². The van der Waals surface area contributed by atoms with E-state index in [1.54, 1.807) is 13.2 Å². The molecule has 0 aliphatic rings. The Kier molecular flexibility index (Phi) is 5.03. The summed E-state index contributed by atoms with van der Waals surface area (Å²) in [7, 11) is 1.55. The smallest absolute Gasteiger partial charge is 0.331 e. The molecule has 0 saturated heterocycles. The molecule has 0 fully saturated rings. The molecule has 4 nitrogen and oxygen atoms in total. The Labute approximate surface area is 108 Å². The summed E-state index contributed by atoms with van der Waals surface area (Å²) >= 11 is 3.34. The van der Waals surface area contributed by atoms with Gasteiger partial charge in [0.2, 0.25) is 0 Å². The van der Waals surface area contributed by atoms with Crippen LogP contribution in [-0.4, -0.2) is 24.8 Å². The van der Waals surface area contributed by atoms with Crippen LogP contribution >= 0.6 is 15.9 Å². The van der Waals surface area contributed by atoms with Crippen LogP contribution in [-0.2, 0) is 4.79 Å². The van der Waals surface area contributed by atoms with Gasteiger partial charge in [0.15, 0.2) is 11.5 Å². The number of hydrogen-bond donors (Lipinski definition) is 1. The lowest BCUT2D eigenvalue weighted by Gasteiger charge is -2.10. The van der Waals surface area contributed by atoms with Gasteiger partial charge in [-0.3, -0.25) is 0 Å². The fraction of sp³-hybridized carbons (Fsp3) is 0.250. The van der Waals surface area contributed by atoms with E-state index in [0.29, 0.717) is 11.5 Å². The summed E-state index contributed by atoms with van der Waals surface area (Å²) in [5.74, 6) is 0.206. The zero-order valence-corrected chi connectivity index (χ0v) is 11.2. The molecule has 0 atom stereocenters. The second-order valence-corrected chi connectivity index (χ2v) is 4.13. The second kappa shape index (κ2) is 6.30. The normalized spacial score (nSPS) is 11.1. The molecule has 0 spiro atoms. The Balaban J connectivity index is 2.76. The maximum atomic E-state index is 10.6. The third-order valence-corrected chi connectivity index (χ3v) is 2.73. The highest BCUT2D eigenvalue weighted by atomic mass is 79.9. The summed E-state index contributed by atoms with van der Waals surface area (Å²) in [6.45, 7) is 1.69. The van der Waals surface area contributed by atoms with E-state index in [2.05, 4.69) is 15.9 Å². The first-order valence-corrected chi connectivity index (χ1v) is 5.71. The maximum Gasteiger partial charge on any atom is 0.331 e. The number of rotatable bonds is 5. The van der Waals surface area contributed by atoms with E-state index >= 15 is 0 Å². The molecule has 0 aliphatic heterocycles. The van der Waals surface area contributed by atoms with E-state index in [-0.39, 0.29) is 12.2 Å². The molecule has 92 valence electrons. The minimum absolute atomic E-state index is 0.178. The Hall–Kier alpha value is -1.49. The Bertz CT molecular complexity index is 440. The van der Waals surface area contributed by atoms with Crippen molar-refractivity contribution in [3.8, 4) is 11.5 Å². The van der Waals surface area contributed by atoms with Crippen molar-refractivity contribution in [2.75, 3.05) is 13.7 Å². The summed E-state index contributed by atoms with van der Waals surface area (Å²) < 4.78 is 11.4. The van der Waals surface area contributed by atoms with Crippen LogP contribution in [0.3, 0.4) is 0 Å². The molecule has 0 heterocycles. The van der Waals surface area contributed by atoms with Crippen molar-refractivity contribution in [2.45, 2.75) is 6.92 Å². The Morgan fingerprint density at radius 2 is 2.24 bits per heavy atom. The van der Waals surface area contributed by atoms with Crippen molar-refractivity contribution < 1.29 is 19.4 Å². The lowest BCUT2D eigenvalue weighted by molar-refractivity contribution is -0.132. The van der Waals surface area contributed by atoms with E-state index in [0.717, 1.165) is 4.47 Å². The van der Waals surface area contributed by atoms with E-state index < -0.39 is 5.97 Å². The number of benzene rings is 1. The molecule has 0 unspecified atom stereocenters. The predicted molar refractivity (Wildman–Crippen MR) is 67.6 cm³/mol. The van der Waals surface area contributed by atoms with Gasteiger partial charge in [0.05, 0.1) is 11.6 Å². The molecular weight excluding hydrogens is 288 g/mol. The predicted octanol–water partition coefficient (Wildman–Crippen LogP) is 2.87. The number of carbonyl (C=O) groups is 1. The van der Waals surface area contributed by atoms with Gasteiger partial charge in [-0.25, -0.2) is 4.79 Å². The first-order chi connectivity index (χ1) is 8.06. The van der Waals surface area contributed by atoms with Crippen molar-refractivity contribution >= 4 is 21.9 Å². The van der Waals surface area contributed by atoms with Gasteiger partial charge in [-0.1, -0.05) is 6.07 Å². The number of halogens is 1. The molecule has 1 aromatic rings.